The van der Waals surface area contributed by atoms with Gasteiger partial charge in [-0.05, 0) is 26.8 Å². The molecule has 0 aliphatic carbocycles. The summed E-state index contributed by atoms with van der Waals surface area (Å²) in [5.41, 5.74) is 1.60. The van der Waals surface area contributed by atoms with Crippen LogP contribution in [0, 0.1) is 6.92 Å². The molecule has 136 valence electrons. The van der Waals surface area contributed by atoms with Crippen molar-refractivity contribution in [1.29, 1.82) is 0 Å². The Balaban J connectivity index is 1.85. The van der Waals surface area contributed by atoms with Crippen LogP contribution >= 0.6 is 11.6 Å². The highest BCUT2D eigenvalue weighted by molar-refractivity contribution is 6.33. The van der Waals surface area contributed by atoms with Crippen LogP contribution in [0.5, 0.6) is 11.5 Å². The normalized spacial score (nSPS) is 13.2. The summed E-state index contributed by atoms with van der Waals surface area (Å²) in [4.78, 5) is 6.96. The monoisotopic (exact) mass is 366 g/mol. The summed E-state index contributed by atoms with van der Waals surface area (Å²) < 4.78 is 21.8. The molecule has 0 unspecified atom stereocenters. The minimum absolute atomic E-state index is 0.202. The van der Waals surface area contributed by atoms with Crippen molar-refractivity contribution in [3.8, 4) is 23.0 Å². The van der Waals surface area contributed by atoms with Crippen molar-refractivity contribution in [3.05, 3.63) is 28.6 Å². The summed E-state index contributed by atoms with van der Waals surface area (Å²) in [6, 6.07) is 3.92. The Kier molecular flexibility index (Phi) is 5.51. The first-order valence-electron chi connectivity index (χ1n) is 8.28. The van der Waals surface area contributed by atoms with Gasteiger partial charge >= 0.3 is 0 Å². The number of hydrogen-bond acceptors (Lipinski definition) is 6. The van der Waals surface area contributed by atoms with Crippen LogP contribution in [0.25, 0.3) is 11.5 Å². The van der Waals surface area contributed by atoms with E-state index < -0.39 is 0 Å². The molecule has 1 aromatic heterocycles. The molecule has 0 N–H and O–H groups in total. The Labute approximate surface area is 152 Å². The van der Waals surface area contributed by atoms with Crippen molar-refractivity contribution < 1.29 is 18.6 Å². The molecule has 0 bridgehead atoms. The lowest BCUT2D eigenvalue weighted by Crippen LogP contribution is -2.33. The molecule has 0 spiro atoms. The van der Waals surface area contributed by atoms with Gasteiger partial charge in [0.2, 0.25) is 12.7 Å². The first-order chi connectivity index (χ1) is 12.0. The van der Waals surface area contributed by atoms with Crippen LogP contribution in [0.1, 0.15) is 25.3 Å². The van der Waals surface area contributed by atoms with Crippen LogP contribution in [-0.2, 0) is 11.3 Å². The Hall–Kier alpha value is -1.76. The third-order valence-electron chi connectivity index (χ3n) is 4.25. The van der Waals surface area contributed by atoms with Crippen LogP contribution < -0.4 is 9.47 Å². The molecule has 0 fully saturated rings. The van der Waals surface area contributed by atoms with Gasteiger partial charge in [0.15, 0.2) is 11.5 Å². The number of nitrogens with zero attached hydrogens (tertiary/aromatic N) is 2. The SMILES string of the molecule is COCCN(Cc1nc(-c2cc3c(cc2Cl)OCO3)oc1C)C(C)C. The van der Waals surface area contributed by atoms with Crippen LogP contribution in [0.3, 0.4) is 0 Å². The second-order valence-electron chi connectivity index (χ2n) is 6.26. The number of ether oxygens (including phenoxy) is 3. The number of aryl methyl sites for hydroxylation is 1. The molecule has 3 rings (SSSR count). The molecular weight excluding hydrogens is 344 g/mol. The summed E-state index contributed by atoms with van der Waals surface area (Å²) in [5, 5.41) is 0.525. The van der Waals surface area contributed by atoms with Gasteiger partial charge in [0.25, 0.3) is 0 Å². The van der Waals surface area contributed by atoms with Crippen LogP contribution in [0.15, 0.2) is 16.5 Å². The standard InChI is InChI=1S/C18H23ClN2O4/c1-11(2)21(5-6-22-4)9-15-12(3)25-18(20-15)13-7-16-17(8-14(13)19)24-10-23-16/h7-8,11H,5-6,9-10H2,1-4H3. The van der Waals surface area contributed by atoms with E-state index in [4.69, 9.17) is 30.2 Å². The number of methoxy groups -OCH3 is 1. The van der Waals surface area contributed by atoms with E-state index in [0.29, 0.717) is 47.2 Å². The molecule has 0 saturated carbocycles. The Morgan fingerprint density at radius 2 is 2.00 bits per heavy atom. The van der Waals surface area contributed by atoms with Gasteiger partial charge in [-0.15, -0.1) is 0 Å². The molecule has 0 radical (unpaired) electrons. The smallest absolute Gasteiger partial charge is 0.231 e. The average molecular weight is 367 g/mol. The fraction of sp³-hybridized carbons (Fsp3) is 0.500. The molecule has 0 amide bonds. The number of fused-ring (bicyclic) bond motifs is 1. The first kappa shape index (κ1) is 18.0. The quantitative estimate of drug-likeness (QED) is 0.741. The minimum Gasteiger partial charge on any atom is -0.454 e. The van der Waals surface area contributed by atoms with Gasteiger partial charge in [0, 0.05) is 32.3 Å². The second-order valence-corrected chi connectivity index (χ2v) is 6.67. The van der Waals surface area contributed by atoms with Crippen molar-refractivity contribution in [1.82, 2.24) is 9.88 Å². The maximum absolute atomic E-state index is 6.37. The zero-order valence-corrected chi connectivity index (χ0v) is 15.7. The van der Waals surface area contributed by atoms with Gasteiger partial charge in [-0.1, -0.05) is 11.6 Å². The summed E-state index contributed by atoms with van der Waals surface area (Å²) in [5.74, 6) is 2.57. The number of aromatic nitrogens is 1. The molecule has 7 heteroatoms. The van der Waals surface area contributed by atoms with E-state index in [1.54, 1.807) is 13.2 Å². The van der Waals surface area contributed by atoms with Gasteiger partial charge in [-0.3, -0.25) is 4.90 Å². The predicted octanol–water partition coefficient (Wildman–Crippen LogP) is 3.89. The van der Waals surface area contributed by atoms with E-state index in [0.717, 1.165) is 18.0 Å². The maximum atomic E-state index is 6.37. The Morgan fingerprint density at radius 1 is 1.28 bits per heavy atom. The minimum atomic E-state index is 0.202. The van der Waals surface area contributed by atoms with Crippen molar-refractivity contribution in [3.63, 3.8) is 0 Å². The highest BCUT2D eigenvalue weighted by atomic mass is 35.5. The number of benzene rings is 1. The highest BCUT2D eigenvalue weighted by Crippen LogP contribution is 2.41. The fourth-order valence-corrected chi connectivity index (χ4v) is 2.93. The van der Waals surface area contributed by atoms with Crippen LogP contribution in [0.2, 0.25) is 5.02 Å². The summed E-state index contributed by atoms with van der Waals surface area (Å²) in [6.45, 7) is 8.63. The highest BCUT2D eigenvalue weighted by Gasteiger charge is 2.22. The summed E-state index contributed by atoms with van der Waals surface area (Å²) >= 11 is 6.37. The van der Waals surface area contributed by atoms with Crippen molar-refractivity contribution in [2.24, 2.45) is 0 Å². The van der Waals surface area contributed by atoms with E-state index in [1.807, 2.05) is 13.0 Å². The maximum Gasteiger partial charge on any atom is 0.231 e. The molecule has 1 aliphatic rings. The van der Waals surface area contributed by atoms with Crippen molar-refractivity contribution >= 4 is 11.6 Å². The molecule has 2 heterocycles. The number of oxazole rings is 1. The largest absolute Gasteiger partial charge is 0.454 e. The third kappa shape index (κ3) is 3.92. The molecule has 25 heavy (non-hydrogen) atoms. The number of halogens is 1. The molecule has 0 atom stereocenters. The van der Waals surface area contributed by atoms with E-state index in [1.165, 1.54) is 0 Å². The second kappa shape index (κ2) is 7.64. The molecular formula is C18H23ClN2O4. The molecule has 0 saturated heterocycles. The van der Waals surface area contributed by atoms with Crippen molar-refractivity contribution in [2.75, 3.05) is 27.1 Å². The lowest BCUT2D eigenvalue weighted by molar-refractivity contribution is 0.124. The number of rotatable bonds is 7. The van der Waals surface area contributed by atoms with E-state index >= 15 is 0 Å². The topological polar surface area (TPSA) is 57.0 Å². The molecule has 6 nitrogen and oxygen atoms in total. The Bertz CT molecular complexity index is 745. The van der Waals surface area contributed by atoms with Gasteiger partial charge < -0.3 is 18.6 Å². The molecule has 1 aromatic carbocycles. The first-order valence-corrected chi connectivity index (χ1v) is 8.66. The van der Waals surface area contributed by atoms with Crippen LogP contribution in [0.4, 0.5) is 0 Å². The van der Waals surface area contributed by atoms with E-state index in [-0.39, 0.29) is 6.79 Å². The van der Waals surface area contributed by atoms with Crippen LogP contribution in [-0.4, -0.2) is 43.0 Å². The van der Waals surface area contributed by atoms with Crippen molar-refractivity contribution in [2.45, 2.75) is 33.4 Å². The fourth-order valence-electron chi connectivity index (χ4n) is 2.69. The van der Waals surface area contributed by atoms with E-state index in [2.05, 4.69) is 23.7 Å². The van der Waals surface area contributed by atoms with Gasteiger partial charge in [-0.25, -0.2) is 4.98 Å². The average Bonchev–Trinajstić information content (AvgIpc) is 3.16. The molecule has 2 aromatic rings. The molecule has 1 aliphatic heterocycles. The third-order valence-corrected chi connectivity index (χ3v) is 4.56. The summed E-state index contributed by atoms with van der Waals surface area (Å²) in [6.07, 6.45) is 0. The zero-order valence-electron chi connectivity index (χ0n) is 15.0. The lowest BCUT2D eigenvalue weighted by atomic mass is 10.2. The Morgan fingerprint density at radius 3 is 2.68 bits per heavy atom. The predicted molar refractivity (Wildman–Crippen MR) is 95.2 cm³/mol. The summed E-state index contributed by atoms with van der Waals surface area (Å²) in [7, 11) is 1.71. The number of hydrogen-bond donors (Lipinski definition) is 0. The van der Waals surface area contributed by atoms with Gasteiger partial charge in [0.1, 0.15) is 5.76 Å². The zero-order chi connectivity index (χ0) is 18.0. The van der Waals surface area contributed by atoms with Gasteiger partial charge in [-0.2, -0.15) is 0 Å². The van der Waals surface area contributed by atoms with Gasteiger partial charge in [0.05, 0.1) is 22.9 Å². The van der Waals surface area contributed by atoms with E-state index in [9.17, 15) is 0 Å². The lowest BCUT2D eigenvalue weighted by Gasteiger charge is -2.25.